The summed E-state index contributed by atoms with van der Waals surface area (Å²) < 4.78 is 51.8. The van der Waals surface area contributed by atoms with E-state index in [1.165, 1.54) is 26.0 Å². The molecular formula is C26H30F3N3O. The molecule has 0 saturated carbocycles. The Morgan fingerprint density at radius 2 is 1.88 bits per heavy atom. The summed E-state index contributed by atoms with van der Waals surface area (Å²) in [5.74, 6) is -1.18. The van der Waals surface area contributed by atoms with Crippen LogP contribution in [0.15, 0.2) is 36.4 Å². The number of nitrogens with zero attached hydrogens (tertiary/aromatic N) is 1. The highest BCUT2D eigenvalue weighted by Gasteiger charge is 2.41. The van der Waals surface area contributed by atoms with E-state index >= 15 is 8.78 Å². The molecule has 4 nitrogen and oxygen atoms in total. The lowest BCUT2D eigenvalue weighted by Crippen LogP contribution is -2.48. The van der Waals surface area contributed by atoms with Crippen LogP contribution in [0.5, 0.6) is 5.75 Å². The molecule has 1 fully saturated rings. The molecular weight excluding hydrogens is 427 g/mol. The summed E-state index contributed by atoms with van der Waals surface area (Å²) in [6.07, 6.45) is 1.36. The fraction of sp³-hybridized carbons (Fsp3) is 0.462. The van der Waals surface area contributed by atoms with Gasteiger partial charge in [-0.2, -0.15) is 0 Å². The van der Waals surface area contributed by atoms with Gasteiger partial charge in [-0.05, 0) is 51.8 Å². The van der Waals surface area contributed by atoms with Crippen LogP contribution in [0, 0.1) is 11.6 Å². The van der Waals surface area contributed by atoms with Crippen molar-refractivity contribution in [2.75, 3.05) is 19.6 Å². The summed E-state index contributed by atoms with van der Waals surface area (Å²) in [5, 5.41) is 4.22. The molecule has 0 unspecified atom stereocenters. The molecule has 0 bridgehead atoms. The molecule has 1 aromatic heterocycles. The molecule has 5 rings (SSSR count). The third kappa shape index (κ3) is 4.24. The van der Waals surface area contributed by atoms with Crippen LogP contribution in [0.25, 0.3) is 10.9 Å². The molecule has 1 saturated heterocycles. The Labute approximate surface area is 192 Å². The van der Waals surface area contributed by atoms with Gasteiger partial charge in [-0.1, -0.05) is 18.2 Å². The summed E-state index contributed by atoms with van der Waals surface area (Å²) in [7, 11) is 0. The summed E-state index contributed by atoms with van der Waals surface area (Å²) in [6.45, 7) is 6.52. The predicted molar refractivity (Wildman–Crippen MR) is 123 cm³/mol. The highest BCUT2D eigenvalue weighted by molar-refractivity contribution is 5.85. The number of fused-ring (bicyclic) bond motifs is 3. The number of ether oxygens (including phenoxy) is 1. The van der Waals surface area contributed by atoms with E-state index in [0.29, 0.717) is 13.0 Å². The SMILES string of the molecule is C[C@@H]1Cc2c([nH]c3ccccc23)[C@@H](c2c(F)cc(O[C@H]3CCNC3)cc2F)N1CC(C)(C)F. The molecule has 7 heteroatoms. The standard InChI is InChI=1S/C26H30F3N3O/c1-15-10-19-18-6-4-5-7-22(18)31-24(19)25(32(15)14-26(2,3)29)23-20(27)11-17(12-21(23)28)33-16-8-9-30-13-16/h4-7,11-12,15-16,25,30-31H,8-10,13-14H2,1-3H3/t15-,16+,25-/m1/s1. The maximum Gasteiger partial charge on any atom is 0.135 e. The second-order valence-electron chi connectivity index (χ2n) is 9.94. The third-order valence-corrected chi connectivity index (χ3v) is 6.72. The summed E-state index contributed by atoms with van der Waals surface area (Å²) >= 11 is 0. The Hall–Kier alpha value is -2.51. The van der Waals surface area contributed by atoms with Gasteiger partial charge in [0.05, 0.1) is 6.04 Å². The largest absolute Gasteiger partial charge is 0.489 e. The van der Waals surface area contributed by atoms with E-state index in [1.54, 1.807) is 0 Å². The molecule has 0 radical (unpaired) electrons. The van der Waals surface area contributed by atoms with Crippen molar-refractivity contribution < 1.29 is 17.9 Å². The molecule has 2 aromatic carbocycles. The van der Waals surface area contributed by atoms with E-state index in [2.05, 4.69) is 10.3 Å². The number of H-pyrrole nitrogens is 1. The molecule has 2 aliphatic rings. The van der Waals surface area contributed by atoms with Gasteiger partial charge in [0.2, 0.25) is 0 Å². The Morgan fingerprint density at radius 1 is 1.15 bits per heavy atom. The lowest BCUT2D eigenvalue weighted by atomic mass is 9.87. The first kappa shape index (κ1) is 22.3. The lowest BCUT2D eigenvalue weighted by Gasteiger charge is -2.43. The van der Waals surface area contributed by atoms with Crippen LogP contribution < -0.4 is 10.1 Å². The van der Waals surface area contributed by atoms with Crippen LogP contribution in [0.2, 0.25) is 0 Å². The smallest absolute Gasteiger partial charge is 0.135 e. The predicted octanol–water partition coefficient (Wildman–Crippen LogP) is 5.27. The second kappa shape index (κ2) is 8.37. The third-order valence-electron chi connectivity index (χ3n) is 6.72. The second-order valence-corrected chi connectivity index (χ2v) is 9.94. The lowest BCUT2D eigenvalue weighted by molar-refractivity contribution is 0.0642. The zero-order valence-electron chi connectivity index (χ0n) is 19.2. The van der Waals surface area contributed by atoms with Crippen LogP contribution >= 0.6 is 0 Å². The van der Waals surface area contributed by atoms with Crippen LogP contribution in [-0.2, 0) is 6.42 Å². The van der Waals surface area contributed by atoms with Gasteiger partial charge in [-0.25, -0.2) is 13.2 Å². The van der Waals surface area contributed by atoms with Crippen molar-refractivity contribution in [1.29, 1.82) is 0 Å². The van der Waals surface area contributed by atoms with Crippen molar-refractivity contribution in [3.63, 3.8) is 0 Å². The average molecular weight is 458 g/mol. The molecule has 0 spiro atoms. The first-order chi connectivity index (χ1) is 15.7. The van der Waals surface area contributed by atoms with Crippen LogP contribution in [-0.4, -0.2) is 47.3 Å². The van der Waals surface area contributed by atoms with Crippen LogP contribution in [0.4, 0.5) is 13.2 Å². The molecule has 3 aromatic rings. The molecule has 33 heavy (non-hydrogen) atoms. The number of para-hydroxylation sites is 1. The van der Waals surface area contributed by atoms with Crippen molar-refractivity contribution >= 4 is 10.9 Å². The van der Waals surface area contributed by atoms with Gasteiger partial charge in [0.15, 0.2) is 0 Å². The zero-order chi connectivity index (χ0) is 23.3. The Morgan fingerprint density at radius 3 is 2.55 bits per heavy atom. The number of benzene rings is 2. The van der Waals surface area contributed by atoms with Gasteiger partial charge in [0.25, 0.3) is 0 Å². The number of aromatic amines is 1. The topological polar surface area (TPSA) is 40.3 Å². The number of halogens is 3. The molecule has 2 aliphatic heterocycles. The van der Waals surface area contributed by atoms with Crippen molar-refractivity contribution in [3.05, 3.63) is 64.9 Å². The maximum atomic E-state index is 15.6. The Kier molecular flexibility index (Phi) is 5.65. The minimum absolute atomic E-state index is 0.0541. The van der Waals surface area contributed by atoms with Gasteiger partial charge in [0.1, 0.15) is 29.2 Å². The molecule has 0 aliphatic carbocycles. The van der Waals surface area contributed by atoms with Gasteiger partial charge >= 0.3 is 0 Å². The van der Waals surface area contributed by atoms with Gasteiger partial charge in [-0.15, -0.1) is 0 Å². The molecule has 3 atom stereocenters. The van der Waals surface area contributed by atoms with Crippen molar-refractivity contribution in [2.24, 2.45) is 0 Å². The molecule has 176 valence electrons. The van der Waals surface area contributed by atoms with Crippen molar-refractivity contribution in [1.82, 2.24) is 15.2 Å². The normalized spacial score (nSPS) is 23.8. The maximum absolute atomic E-state index is 15.6. The van der Waals surface area contributed by atoms with Gasteiger partial charge in [-0.3, -0.25) is 4.90 Å². The number of hydrogen-bond acceptors (Lipinski definition) is 3. The number of aromatic nitrogens is 1. The fourth-order valence-electron chi connectivity index (χ4n) is 5.31. The van der Waals surface area contributed by atoms with E-state index in [4.69, 9.17) is 4.74 Å². The number of alkyl halides is 1. The van der Waals surface area contributed by atoms with Crippen molar-refractivity contribution in [2.45, 2.75) is 57.5 Å². The minimum atomic E-state index is -1.53. The van der Waals surface area contributed by atoms with E-state index < -0.39 is 23.3 Å². The minimum Gasteiger partial charge on any atom is -0.489 e. The zero-order valence-corrected chi connectivity index (χ0v) is 19.2. The number of hydrogen-bond donors (Lipinski definition) is 2. The van der Waals surface area contributed by atoms with Crippen LogP contribution in [0.1, 0.15) is 50.1 Å². The quantitative estimate of drug-likeness (QED) is 0.548. The van der Waals surface area contributed by atoms with E-state index in [-0.39, 0.29) is 30.0 Å². The average Bonchev–Trinajstić information content (AvgIpc) is 3.36. The molecule has 0 amide bonds. The summed E-state index contributed by atoms with van der Waals surface area (Å²) in [4.78, 5) is 5.27. The summed E-state index contributed by atoms with van der Waals surface area (Å²) in [6, 6.07) is 9.51. The van der Waals surface area contributed by atoms with Gasteiger partial charge in [0, 0.05) is 53.4 Å². The fourth-order valence-corrected chi connectivity index (χ4v) is 5.31. The van der Waals surface area contributed by atoms with Crippen molar-refractivity contribution in [3.8, 4) is 5.75 Å². The van der Waals surface area contributed by atoms with Gasteiger partial charge < -0.3 is 15.0 Å². The summed E-state index contributed by atoms with van der Waals surface area (Å²) in [5.41, 5.74) is 1.07. The molecule has 3 heterocycles. The first-order valence-corrected chi connectivity index (χ1v) is 11.6. The first-order valence-electron chi connectivity index (χ1n) is 11.6. The highest BCUT2D eigenvalue weighted by atomic mass is 19.1. The van der Waals surface area contributed by atoms with E-state index in [1.807, 2.05) is 36.1 Å². The number of nitrogens with one attached hydrogen (secondary N) is 2. The van der Waals surface area contributed by atoms with E-state index in [9.17, 15) is 4.39 Å². The Balaban J connectivity index is 1.63. The van der Waals surface area contributed by atoms with E-state index in [0.717, 1.165) is 35.1 Å². The molecule has 2 N–H and O–H groups in total. The monoisotopic (exact) mass is 457 g/mol. The highest BCUT2D eigenvalue weighted by Crippen LogP contribution is 2.43. The van der Waals surface area contributed by atoms with Crippen LogP contribution in [0.3, 0.4) is 0 Å². The number of rotatable bonds is 5. The Bertz CT molecular complexity index is 1140.